The first-order valence-corrected chi connectivity index (χ1v) is 8.70. The van der Waals surface area contributed by atoms with Crippen LogP contribution in [0, 0.1) is 0 Å². The first kappa shape index (κ1) is 16.9. The average molecular weight is 353 g/mol. The van der Waals surface area contributed by atoms with Gasteiger partial charge in [-0.3, -0.25) is 4.79 Å². The molecule has 2 aliphatic rings. The second kappa shape index (κ2) is 7.35. The van der Waals surface area contributed by atoms with E-state index in [0.717, 1.165) is 29.9 Å². The van der Waals surface area contributed by atoms with Gasteiger partial charge in [0.1, 0.15) is 11.6 Å². The molecule has 1 aromatic heterocycles. The Kier molecular flexibility index (Phi) is 4.77. The van der Waals surface area contributed by atoms with E-state index in [0.29, 0.717) is 25.4 Å². The smallest absolute Gasteiger partial charge is 0.484 e. The third kappa shape index (κ3) is 3.52. The van der Waals surface area contributed by atoms with Crippen LogP contribution in [0.5, 0.6) is 5.75 Å². The molecule has 2 aromatic rings. The summed E-state index contributed by atoms with van der Waals surface area (Å²) in [4.78, 5) is 20.8. The predicted molar refractivity (Wildman–Crippen MR) is 97.4 cm³/mol. The first-order valence-electron chi connectivity index (χ1n) is 8.70. The van der Waals surface area contributed by atoms with Crippen LogP contribution in [-0.2, 0) is 16.1 Å². The van der Waals surface area contributed by atoms with Gasteiger partial charge in [-0.05, 0) is 35.3 Å². The number of hydrogen-bond donors (Lipinski definition) is 1. The zero-order valence-corrected chi connectivity index (χ0v) is 14.4. The van der Waals surface area contributed by atoms with Gasteiger partial charge >= 0.3 is 7.12 Å². The molecule has 134 valence electrons. The summed E-state index contributed by atoms with van der Waals surface area (Å²) in [5.41, 5.74) is 1.65. The summed E-state index contributed by atoms with van der Waals surface area (Å²) >= 11 is 0. The van der Waals surface area contributed by atoms with Gasteiger partial charge in [-0.25, -0.2) is 4.98 Å². The molecule has 0 bridgehead atoms. The Bertz CT molecular complexity index is 781. The molecular weight excluding hydrogens is 333 g/mol. The average Bonchev–Trinajstić information content (AvgIpc) is 3.07. The number of anilines is 1. The molecule has 0 unspecified atom stereocenters. The summed E-state index contributed by atoms with van der Waals surface area (Å²) < 4.78 is 10.8. The highest BCUT2D eigenvalue weighted by Crippen LogP contribution is 2.18. The van der Waals surface area contributed by atoms with Crippen molar-refractivity contribution in [2.24, 2.45) is 0 Å². The summed E-state index contributed by atoms with van der Waals surface area (Å²) in [6.45, 7) is 3.20. The lowest BCUT2D eigenvalue weighted by molar-refractivity contribution is -0.133. The second-order valence-electron chi connectivity index (χ2n) is 6.37. The molecule has 1 aromatic carbocycles. The number of carbonyl (C=O) groups excluding carboxylic acids is 1. The van der Waals surface area contributed by atoms with Gasteiger partial charge in [0.15, 0.2) is 6.61 Å². The summed E-state index contributed by atoms with van der Waals surface area (Å²) in [5.74, 6) is 1.53. The van der Waals surface area contributed by atoms with E-state index in [2.05, 4.69) is 9.88 Å². The standard InChI is InChI=1S/C18H20BN3O4/c23-18(13-25-15-4-5-16-14(11-15)12-26-19(16)24)22-9-7-21(8-10-22)17-3-1-2-6-20-17/h1-6,11,24H,7-10,12-13H2. The van der Waals surface area contributed by atoms with Crippen molar-refractivity contribution < 1.29 is 19.2 Å². The van der Waals surface area contributed by atoms with E-state index in [4.69, 9.17) is 9.39 Å². The van der Waals surface area contributed by atoms with Gasteiger partial charge in [0.2, 0.25) is 0 Å². The number of aromatic nitrogens is 1. The predicted octanol–water partition coefficient (Wildman–Crippen LogP) is 0.0269. The lowest BCUT2D eigenvalue weighted by Gasteiger charge is -2.35. The SMILES string of the molecule is O=C(COc1ccc2c(c1)COB2O)N1CCN(c2ccccn2)CC1. The fourth-order valence-electron chi connectivity index (χ4n) is 3.26. The van der Waals surface area contributed by atoms with E-state index in [9.17, 15) is 9.82 Å². The Labute approximate surface area is 152 Å². The third-order valence-corrected chi connectivity index (χ3v) is 4.75. The molecule has 2 aliphatic heterocycles. The molecule has 7 nitrogen and oxygen atoms in total. The molecule has 0 radical (unpaired) electrons. The number of benzene rings is 1. The van der Waals surface area contributed by atoms with Crippen molar-refractivity contribution in [3.8, 4) is 5.75 Å². The van der Waals surface area contributed by atoms with Crippen LogP contribution in [0.15, 0.2) is 42.6 Å². The van der Waals surface area contributed by atoms with Gasteiger partial charge in [-0.15, -0.1) is 0 Å². The summed E-state index contributed by atoms with van der Waals surface area (Å²) in [6, 6.07) is 11.2. The van der Waals surface area contributed by atoms with Crippen LogP contribution in [0.1, 0.15) is 5.56 Å². The van der Waals surface area contributed by atoms with Crippen molar-refractivity contribution >= 4 is 24.3 Å². The van der Waals surface area contributed by atoms with Crippen LogP contribution in [0.3, 0.4) is 0 Å². The van der Waals surface area contributed by atoms with Crippen LogP contribution < -0.4 is 15.1 Å². The van der Waals surface area contributed by atoms with Crippen LogP contribution in [0.25, 0.3) is 0 Å². The fourth-order valence-corrected chi connectivity index (χ4v) is 3.26. The van der Waals surface area contributed by atoms with Crippen LogP contribution in [-0.4, -0.2) is 60.7 Å². The number of amides is 1. The maximum absolute atomic E-state index is 12.4. The Morgan fingerprint density at radius 1 is 1.23 bits per heavy atom. The molecule has 0 aliphatic carbocycles. The lowest BCUT2D eigenvalue weighted by atomic mass is 9.80. The van der Waals surface area contributed by atoms with E-state index in [1.807, 2.05) is 29.2 Å². The fraction of sp³-hybridized carbons (Fsp3) is 0.333. The number of piperazine rings is 1. The molecular formula is C18H20BN3O4. The van der Waals surface area contributed by atoms with Gasteiger partial charge in [0, 0.05) is 32.4 Å². The molecule has 3 heterocycles. The van der Waals surface area contributed by atoms with Crippen molar-refractivity contribution in [2.75, 3.05) is 37.7 Å². The quantitative estimate of drug-likeness (QED) is 0.782. The Hall–Kier alpha value is -2.58. The van der Waals surface area contributed by atoms with Gasteiger partial charge in [-0.2, -0.15) is 0 Å². The van der Waals surface area contributed by atoms with E-state index in [1.165, 1.54) is 0 Å². The van der Waals surface area contributed by atoms with Crippen molar-refractivity contribution in [3.63, 3.8) is 0 Å². The van der Waals surface area contributed by atoms with Crippen LogP contribution in [0.2, 0.25) is 0 Å². The maximum Gasteiger partial charge on any atom is 0.491 e. The number of hydrogen-bond acceptors (Lipinski definition) is 6. The van der Waals surface area contributed by atoms with Gasteiger partial charge < -0.3 is 24.2 Å². The van der Waals surface area contributed by atoms with E-state index < -0.39 is 7.12 Å². The zero-order chi connectivity index (χ0) is 17.9. The third-order valence-electron chi connectivity index (χ3n) is 4.75. The number of pyridine rings is 1. The highest BCUT2D eigenvalue weighted by Gasteiger charge is 2.27. The minimum Gasteiger partial charge on any atom is -0.484 e. The topological polar surface area (TPSA) is 75.1 Å². The maximum atomic E-state index is 12.4. The van der Waals surface area contributed by atoms with Crippen molar-refractivity contribution in [2.45, 2.75) is 6.61 Å². The molecule has 8 heteroatoms. The van der Waals surface area contributed by atoms with E-state index in [1.54, 1.807) is 18.3 Å². The van der Waals surface area contributed by atoms with Crippen molar-refractivity contribution in [1.82, 2.24) is 9.88 Å². The number of ether oxygens (including phenoxy) is 1. The number of rotatable bonds is 4. The monoisotopic (exact) mass is 353 g/mol. The van der Waals surface area contributed by atoms with Gasteiger partial charge in [0.05, 0.1) is 6.61 Å². The Balaban J connectivity index is 1.28. The molecule has 0 saturated carbocycles. The summed E-state index contributed by atoms with van der Waals surface area (Å²) in [5, 5.41) is 9.63. The number of carbonyl (C=O) groups is 1. The Morgan fingerprint density at radius 2 is 2.08 bits per heavy atom. The minimum atomic E-state index is -0.865. The molecule has 26 heavy (non-hydrogen) atoms. The lowest BCUT2D eigenvalue weighted by Crippen LogP contribution is -2.50. The zero-order valence-electron chi connectivity index (χ0n) is 14.4. The molecule has 1 fully saturated rings. The molecule has 1 saturated heterocycles. The molecule has 1 N–H and O–H groups in total. The minimum absolute atomic E-state index is 0.00574. The molecule has 1 amide bonds. The number of fused-ring (bicyclic) bond motifs is 1. The largest absolute Gasteiger partial charge is 0.491 e. The van der Waals surface area contributed by atoms with Crippen LogP contribution in [0.4, 0.5) is 5.82 Å². The molecule has 0 atom stereocenters. The molecule has 0 spiro atoms. The van der Waals surface area contributed by atoms with Crippen molar-refractivity contribution in [3.05, 3.63) is 48.2 Å². The summed E-state index contributed by atoms with van der Waals surface area (Å²) in [6.07, 6.45) is 1.78. The van der Waals surface area contributed by atoms with Crippen molar-refractivity contribution in [1.29, 1.82) is 0 Å². The van der Waals surface area contributed by atoms with Gasteiger partial charge in [-0.1, -0.05) is 12.1 Å². The van der Waals surface area contributed by atoms with Crippen LogP contribution >= 0.6 is 0 Å². The highest BCUT2D eigenvalue weighted by atomic mass is 16.5. The Morgan fingerprint density at radius 3 is 2.85 bits per heavy atom. The first-order chi connectivity index (χ1) is 12.7. The second-order valence-corrected chi connectivity index (χ2v) is 6.37. The van der Waals surface area contributed by atoms with E-state index >= 15 is 0 Å². The van der Waals surface area contributed by atoms with E-state index in [-0.39, 0.29) is 12.5 Å². The summed E-state index contributed by atoms with van der Waals surface area (Å²) in [7, 11) is -0.865. The number of nitrogens with zero attached hydrogens (tertiary/aromatic N) is 3. The normalized spacial score (nSPS) is 16.6. The molecule has 4 rings (SSSR count). The van der Waals surface area contributed by atoms with Gasteiger partial charge in [0.25, 0.3) is 5.91 Å². The highest BCUT2D eigenvalue weighted by molar-refractivity contribution is 6.61.